The molecule has 0 N–H and O–H groups in total. The van der Waals surface area contributed by atoms with Crippen molar-refractivity contribution >= 4 is 5.91 Å². The van der Waals surface area contributed by atoms with Gasteiger partial charge in [0.25, 0.3) is 5.91 Å². The van der Waals surface area contributed by atoms with Crippen LogP contribution in [-0.4, -0.2) is 95.5 Å². The van der Waals surface area contributed by atoms with E-state index in [9.17, 15) is 4.79 Å². The third kappa shape index (κ3) is 4.11. The van der Waals surface area contributed by atoms with Crippen LogP contribution in [0.25, 0.3) is 0 Å². The zero-order chi connectivity index (χ0) is 19.7. The monoisotopic (exact) mass is 389 g/mol. The summed E-state index contributed by atoms with van der Waals surface area (Å²) in [4.78, 5) is 20.1. The number of likely N-dealkylation sites (N-methyl/N-ethyl adjacent to an activating group) is 1. The van der Waals surface area contributed by atoms with Crippen LogP contribution in [0, 0.1) is 12.8 Å². The molecular weight excluding hydrogens is 354 g/mol. The van der Waals surface area contributed by atoms with Gasteiger partial charge in [0.05, 0.1) is 24.4 Å². The van der Waals surface area contributed by atoms with Crippen molar-refractivity contribution < 1.29 is 9.53 Å². The highest BCUT2D eigenvalue weighted by atomic mass is 16.5. The van der Waals surface area contributed by atoms with Crippen LogP contribution in [0.5, 0.6) is 0 Å². The fraction of sp³-hybridized carbons (Fsp3) is 0.810. The van der Waals surface area contributed by atoms with Crippen LogP contribution in [0.3, 0.4) is 0 Å². The minimum absolute atomic E-state index is 0.104. The van der Waals surface area contributed by atoms with E-state index in [1.165, 1.54) is 0 Å². The molecule has 0 aromatic carbocycles. The molecule has 1 amide bonds. The van der Waals surface area contributed by atoms with E-state index >= 15 is 0 Å². The zero-order valence-electron chi connectivity index (χ0n) is 17.7. The smallest absolute Gasteiger partial charge is 0.272 e. The third-order valence-corrected chi connectivity index (χ3v) is 6.65. The first-order valence-electron chi connectivity index (χ1n) is 10.9. The number of aryl methyl sites for hydroxylation is 2. The quantitative estimate of drug-likeness (QED) is 0.781. The van der Waals surface area contributed by atoms with Crippen molar-refractivity contribution in [1.29, 1.82) is 0 Å². The summed E-state index contributed by atoms with van der Waals surface area (Å²) in [7, 11) is 2.20. The van der Waals surface area contributed by atoms with Gasteiger partial charge in [-0.25, -0.2) is 0 Å². The van der Waals surface area contributed by atoms with Crippen LogP contribution in [-0.2, 0) is 11.3 Å². The normalized spacial score (nSPS) is 29.7. The molecule has 3 fully saturated rings. The lowest BCUT2D eigenvalue weighted by Gasteiger charge is -2.40. The number of ether oxygens (including phenoxy) is 1. The molecule has 1 aromatic heterocycles. The van der Waals surface area contributed by atoms with E-state index in [1.807, 2.05) is 29.5 Å². The highest BCUT2D eigenvalue weighted by molar-refractivity contribution is 5.92. The Kier molecular flexibility index (Phi) is 5.76. The van der Waals surface area contributed by atoms with Crippen LogP contribution >= 0.6 is 0 Å². The number of carbonyl (C=O) groups is 1. The van der Waals surface area contributed by atoms with Gasteiger partial charge in [0, 0.05) is 45.8 Å². The highest BCUT2D eigenvalue weighted by Crippen LogP contribution is 2.38. The Morgan fingerprint density at radius 2 is 2.07 bits per heavy atom. The van der Waals surface area contributed by atoms with Gasteiger partial charge in [-0.2, -0.15) is 5.10 Å². The molecule has 3 aliphatic rings. The molecule has 28 heavy (non-hydrogen) atoms. The largest absolute Gasteiger partial charge is 0.373 e. The lowest BCUT2D eigenvalue weighted by molar-refractivity contribution is -0.0453. The van der Waals surface area contributed by atoms with Crippen molar-refractivity contribution in [2.45, 2.75) is 45.3 Å². The molecule has 1 aromatic rings. The number of piperazine rings is 1. The number of carbonyl (C=O) groups excluding carboxylic acids is 1. The van der Waals surface area contributed by atoms with Crippen LogP contribution in [0.15, 0.2) is 6.07 Å². The molecule has 0 unspecified atom stereocenters. The van der Waals surface area contributed by atoms with Gasteiger partial charge in [-0.1, -0.05) is 0 Å². The first-order valence-corrected chi connectivity index (χ1v) is 10.9. The first-order chi connectivity index (χ1) is 13.5. The minimum Gasteiger partial charge on any atom is -0.373 e. The van der Waals surface area contributed by atoms with Gasteiger partial charge in [0.2, 0.25) is 0 Å². The molecule has 7 heteroatoms. The summed E-state index contributed by atoms with van der Waals surface area (Å²) >= 11 is 0. The predicted octanol–water partition coefficient (Wildman–Crippen LogP) is 1.47. The summed E-state index contributed by atoms with van der Waals surface area (Å²) in [5.74, 6) is 0.689. The molecule has 7 nitrogen and oxygen atoms in total. The van der Waals surface area contributed by atoms with Crippen LogP contribution in [0.1, 0.15) is 42.4 Å². The predicted molar refractivity (Wildman–Crippen MR) is 109 cm³/mol. The zero-order valence-corrected chi connectivity index (χ0v) is 17.7. The van der Waals surface area contributed by atoms with Crippen molar-refractivity contribution in [3.63, 3.8) is 0 Å². The average molecular weight is 390 g/mol. The molecule has 0 saturated carbocycles. The maximum Gasteiger partial charge on any atom is 0.272 e. The molecule has 156 valence electrons. The van der Waals surface area contributed by atoms with Crippen molar-refractivity contribution in [3.8, 4) is 0 Å². The first kappa shape index (κ1) is 19.9. The number of piperidine rings is 1. The SMILES string of the molecule is CCn1nc(C)cc1C(=O)N1CCC[C@@]2(C[C@@H](CN3CCN(C)CC3)CO2)C1. The van der Waals surface area contributed by atoms with E-state index in [-0.39, 0.29) is 11.5 Å². The fourth-order valence-corrected chi connectivity index (χ4v) is 5.13. The van der Waals surface area contributed by atoms with Crippen molar-refractivity contribution in [3.05, 3.63) is 17.5 Å². The Morgan fingerprint density at radius 3 is 2.82 bits per heavy atom. The van der Waals surface area contributed by atoms with Gasteiger partial charge in [0.15, 0.2) is 0 Å². The number of aromatic nitrogens is 2. The Balaban J connectivity index is 1.37. The lowest BCUT2D eigenvalue weighted by atomic mass is 9.86. The summed E-state index contributed by atoms with van der Waals surface area (Å²) in [5.41, 5.74) is 1.47. The third-order valence-electron chi connectivity index (χ3n) is 6.65. The molecule has 4 heterocycles. The van der Waals surface area contributed by atoms with E-state index in [4.69, 9.17) is 4.74 Å². The Hall–Kier alpha value is -1.44. The maximum absolute atomic E-state index is 13.2. The van der Waals surface area contributed by atoms with E-state index in [0.717, 1.165) is 83.9 Å². The summed E-state index contributed by atoms with van der Waals surface area (Å²) in [6, 6.07) is 1.92. The molecule has 3 saturated heterocycles. The van der Waals surface area contributed by atoms with Crippen molar-refractivity contribution in [2.24, 2.45) is 5.92 Å². The Labute approximate surface area is 168 Å². The second-order valence-electron chi connectivity index (χ2n) is 8.99. The Bertz CT molecular complexity index is 697. The lowest BCUT2D eigenvalue weighted by Crippen LogP contribution is -2.50. The number of hydrogen-bond acceptors (Lipinski definition) is 5. The molecule has 4 rings (SSSR count). The molecule has 0 bridgehead atoms. The molecule has 0 radical (unpaired) electrons. The van der Waals surface area contributed by atoms with Gasteiger partial charge < -0.3 is 19.4 Å². The van der Waals surface area contributed by atoms with Crippen LogP contribution < -0.4 is 0 Å². The molecule has 3 aliphatic heterocycles. The summed E-state index contributed by atoms with van der Waals surface area (Å²) in [6.45, 7) is 12.8. The van der Waals surface area contributed by atoms with Gasteiger partial charge >= 0.3 is 0 Å². The molecule has 2 atom stereocenters. The summed E-state index contributed by atoms with van der Waals surface area (Å²) < 4.78 is 8.21. The number of nitrogens with zero attached hydrogens (tertiary/aromatic N) is 5. The van der Waals surface area contributed by atoms with Gasteiger partial charge in [0.1, 0.15) is 5.69 Å². The number of hydrogen-bond donors (Lipinski definition) is 0. The second-order valence-corrected chi connectivity index (χ2v) is 8.99. The van der Waals surface area contributed by atoms with Gasteiger partial charge in [-0.15, -0.1) is 0 Å². The van der Waals surface area contributed by atoms with E-state index < -0.39 is 0 Å². The maximum atomic E-state index is 13.2. The molecular formula is C21H35N5O2. The molecule has 0 aliphatic carbocycles. The van der Waals surface area contributed by atoms with Crippen molar-refractivity contribution in [1.82, 2.24) is 24.5 Å². The van der Waals surface area contributed by atoms with E-state index in [0.29, 0.717) is 11.6 Å². The number of amides is 1. The van der Waals surface area contributed by atoms with Gasteiger partial charge in [-0.05, 0) is 52.1 Å². The second kappa shape index (κ2) is 8.13. The van der Waals surface area contributed by atoms with E-state index in [2.05, 4.69) is 21.9 Å². The fourth-order valence-electron chi connectivity index (χ4n) is 5.13. The van der Waals surface area contributed by atoms with Gasteiger partial charge in [-0.3, -0.25) is 9.48 Å². The summed E-state index contributed by atoms with van der Waals surface area (Å²) in [6.07, 6.45) is 3.17. The van der Waals surface area contributed by atoms with Crippen LogP contribution in [0.2, 0.25) is 0 Å². The van der Waals surface area contributed by atoms with Crippen molar-refractivity contribution in [2.75, 3.05) is 59.5 Å². The topological polar surface area (TPSA) is 53.8 Å². The van der Waals surface area contributed by atoms with E-state index in [1.54, 1.807) is 0 Å². The highest BCUT2D eigenvalue weighted by Gasteiger charge is 2.45. The average Bonchev–Trinajstić information content (AvgIpc) is 3.26. The number of likely N-dealkylation sites (tertiary alicyclic amines) is 1. The standard InChI is InChI=1S/C21H35N5O2/c1-4-26-19(12-17(2)22-26)20(27)25-7-5-6-21(16-25)13-18(15-28-21)14-24-10-8-23(3)9-11-24/h12,18H,4-11,13-16H2,1-3H3/t18-,21+/m0/s1. The minimum atomic E-state index is -0.142. The number of rotatable bonds is 4. The van der Waals surface area contributed by atoms with Crippen LogP contribution in [0.4, 0.5) is 0 Å². The summed E-state index contributed by atoms with van der Waals surface area (Å²) in [5, 5.41) is 4.45. The molecule has 1 spiro atoms. The Morgan fingerprint density at radius 1 is 1.29 bits per heavy atom.